The van der Waals surface area contributed by atoms with E-state index in [1.165, 1.54) is 58.4 Å². The molecule has 0 saturated heterocycles. The first kappa shape index (κ1) is 31.7. The fourth-order valence-corrected chi connectivity index (χ4v) is 5.90. The zero-order chi connectivity index (χ0) is 32.9. The molecule has 0 radical (unpaired) electrons. The van der Waals surface area contributed by atoms with Gasteiger partial charge in [-0.1, -0.05) is 6.07 Å². The molecule has 0 aliphatic heterocycles. The standard InChI is InChI=1S/C35H29F2N5O4S/c1-21-15-26(35(44)42(20-21)25-7-4-23(36)5-8-25)34(43)41-24-6-10-30(27(37)16-24)46-31-11-12-39-29-17-32(47-33(29)31)28-9-3-22(19-40-28)18-38-13-14-45-2/h3-12,15-17,19-20,38H,13-14,18H2,1-2H3,(H,41,43). The number of amides is 1. The number of rotatable bonds is 11. The van der Waals surface area contributed by atoms with Gasteiger partial charge in [-0.25, -0.2) is 8.78 Å². The smallest absolute Gasteiger partial charge is 0.267 e. The highest BCUT2D eigenvalue weighted by Crippen LogP contribution is 2.39. The van der Waals surface area contributed by atoms with Crippen molar-refractivity contribution in [2.45, 2.75) is 13.5 Å². The molecule has 12 heteroatoms. The zero-order valence-electron chi connectivity index (χ0n) is 25.4. The van der Waals surface area contributed by atoms with Gasteiger partial charge in [-0.15, -0.1) is 11.3 Å². The van der Waals surface area contributed by atoms with E-state index >= 15 is 4.39 Å². The second-order valence-corrected chi connectivity index (χ2v) is 11.7. The minimum atomic E-state index is -0.714. The summed E-state index contributed by atoms with van der Waals surface area (Å²) in [5.41, 5.74) is 2.94. The second kappa shape index (κ2) is 14.0. The lowest BCUT2D eigenvalue weighted by molar-refractivity contribution is 0.102. The van der Waals surface area contributed by atoms with Crippen LogP contribution in [0.15, 0.2) is 96.2 Å². The van der Waals surface area contributed by atoms with E-state index in [1.54, 1.807) is 32.5 Å². The maximum atomic E-state index is 15.3. The van der Waals surface area contributed by atoms with Crippen molar-refractivity contribution in [1.82, 2.24) is 19.9 Å². The van der Waals surface area contributed by atoms with Gasteiger partial charge in [-0.3, -0.25) is 24.1 Å². The molecule has 238 valence electrons. The number of aryl methyl sites for hydroxylation is 1. The van der Waals surface area contributed by atoms with Crippen molar-refractivity contribution in [2.75, 3.05) is 25.6 Å². The van der Waals surface area contributed by atoms with E-state index in [-0.39, 0.29) is 17.0 Å². The Hall–Kier alpha value is -5.30. The minimum Gasteiger partial charge on any atom is -0.453 e. The van der Waals surface area contributed by atoms with Crippen LogP contribution >= 0.6 is 11.3 Å². The highest BCUT2D eigenvalue weighted by Gasteiger charge is 2.17. The maximum absolute atomic E-state index is 15.3. The van der Waals surface area contributed by atoms with Crippen molar-refractivity contribution in [1.29, 1.82) is 0 Å². The summed E-state index contributed by atoms with van der Waals surface area (Å²) in [6, 6.07) is 18.3. The summed E-state index contributed by atoms with van der Waals surface area (Å²) in [5.74, 6) is -1.51. The third-order valence-corrected chi connectivity index (χ3v) is 8.34. The number of carbonyl (C=O) groups excluding carboxylic acids is 1. The number of ether oxygens (including phenoxy) is 2. The Balaban J connectivity index is 1.17. The number of fused-ring (bicyclic) bond motifs is 1. The van der Waals surface area contributed by atoms with Gasteiger partial charge < -0.3 is 20.1 Å². The van der Waals surface area contributed by atoms with Gasteiger partial charge in [0.1, 0.15) is 17.1 Å². The number of methoxy groups -OCH3 is 1. The van der Waals surface area contributed by atoms with Crippen LogP contribution in [0.25, 0.3) is 26.5 Å². The van der Waals surface area contributed by atoms with Crippen molar-refractivity contribution < 1.29 is 23.0 Å². The zero-order valence-corrected chi connectivity index (χ0v) is 26.2. The topological polar surface area (TPSA) is 107 Å². The molecule has 0 atom stereocenters. The van der Waals surface area contributed by atoms with E-state index in [2.05, 4.69) is 20.6 Å². The number of nitrogens with one attached hydrogen (secondary N) is 2. The number of halogens is 2. The van der Waals surface area contributed by atoms with Crippen LogP contribution in [0.4, 0.5) is 14.5 Å². The van der Waals surface area contributed by atoms with Crippen LogP contribution < -0.4 is 20.9 Å². The van der Waals surface area contributed by atoms with Gasteiger partial charge in [0.05, 0.1) is 27.4 Å². The molecule has 4 aromatic heterocycles. The van der Waals surface area contributed by atoms with Crippen molar-refractivity contribution in [3.05, 3.63) is 130 Å². The first-order chi connectivity index (χ1) is 22.8. The second-order valence-electron chi connectivity index (χ2n) is 10.6. The lowest BCUT2D eigenvalue weighted by Crippen LogP contribution is -2.28. The summed E-state index contributed by atoms with van der Waals surface area (Å²) < 4.78 is 41.7. The van der Waals surface area contributed by atoms with Gasteiger partial charge in [0.15, 0.2) is 11.6 Å². The van der Waals surface area contributed by atoms with E-state index in [9.17, 15) is 14.0 Å². The number of pyridine rings is 3. The Morgan fingerprint density at radius 2 is 1.81 bits per heavy atom. The van der Waals surface area contributed by atoms with E-state index in [4.69, 9.17) is 9.47 Å². The first-order valence-electron chi connectivity index (χ1n) is 14.6. The molecular weight excluding hydrogens is 624 g/mol. The van der Waals surface area contributed by atoms with Crippen LogP contribution in [0.3, 0.4) is 0 Å². The number of nitrogens with zero attached hydrogens (tertiary/aromatic N) is 3. The monoisotopic (exact) mass is 653 g/mol. The summed E-state index contributed by atoms with van der Waals surface area (Å²) in [7, 11) is 1.66. The van der Waals surface area contributed by atoms with Crippen LogP contribution in [-0.4, -0.2) is 40.7 Å². The molecule has 6 aromatic rings. The SMILES string of the molecule is COCCNCc1ccc(-c2cc3nccc(Oc4ccc(NC(=O)c5cc(C)cn(-c6ccc(F)cc6)c5=O)cc4F)c3s2)nc1. The summed E-state index contributed by atoms with van der Waals surface area (Å²) >= 11 is 1.43. The van der Waals surface area contributed by atoms with E-state index < -0.39 is 23.1 Å². The molecule has 1 amide bonds. The molecule has 0 saturated carbocycles. The molecule has 6 rings (SSSR count). The molecule has 0 spiro atoms. The molecule has 0 aliphatic carbocycles. The highest BCUT2D eigenvalue weighted by molar-refractivity contribution is 7.22. The van der Waals surface area contributed by atoms with Crippen molar-refractivity contribution in [3.63, 3.8) is 0 Å². The molecule has 0 unspecified atom stereocenters. The fraction of sp³-hybridized carbons (Fsp3) is 0.143. The fourth-order valence-electron chi connectivity index (χ4n) is 4.86. The Bertz CT molecular complexity index is 2110. The Morgan fingerprint density at radius 1 is 0.979 bits per heavy atom. The number of hydrogen-bond acceptors (Lipinski definition) is 8. The van der Waals surface area contributed by atoms with E-state index in [0.29, 0.717) is 35.7 Å². The van der Waals surface area contributed by atoms with Crippen molar-refractivity contribution >= 4 is 33.1 Å². The predicted octanol–water partition coefficient (Wildman–Crippen LogP) is 6.88. The maximum Gasteiger partial charge on any atom is 0.267 e. The Kier molecular flexibility index (Phi) is 9.43. The third kappa shape index (κ3) is 7.25. The lowest BCUT2D eigenvalue weighted by atomic mass is 10.1. The number of benzene rings is 2. The van der Waals surface area contributed by atoms with E-state index in [0.717, 1.165) is 33.4 Å². The number of aromatic nitrogens is 3. The number of hydrogen-bond donors (Lipinski definition) is 2. The van der Waals surface area contributed by atoms with E-state index in [1.807, 2.05) is 24.4 Å². The summed E-state index contributed by atoms with van der Waals surface area (Å²) in [5, 5.41) is 5.87. The van der Waals surface area contributed by atoms with Crippen molar-refractivity contribution in [2.24, 2.45) is 0 Å². The van der Waals surface area contributed by atoms with Crippen LogP contribution in [-0.2, 0) is 11.3 Å². The molecule has 0 bridgehead atoms. The van der Waals surface area contributed by atoms with Gasteiger partial charge in [0.2, 0.25) is 0 Å². The van der Waals surface area contributed by atoms with Gasteiger partial charge >= 0.3 is 0 Å². The largest absolute Gasteiger partial charge is 0.453 e. The summed E-state index contributed by atoms with van der Waals surface area (Å²) in [4.78, 5) is 36.2. The number of thiophene rings is 1. The molecular formula is C35H29F2N5O4S. The van der Waals surface area contributed by atoms with Gasteiger partial charge in [-0.2, -0.15) is 0 Å². The average Bonchev–Trinajstić information content (AvgIpc) is 3.51. The molecule has 0 aliphatic rings. The molecule has 47 heavy (non-hydrogen) atoms. The summed E-state index contributed by atoms with van der Waals surface area (Å²) in [6.45, 7) is 3.79. The lowest BCUT2D eigenvalue weighted by Gasteiger charge is -2.12. The molecule has 0 fully saturated rings. The van der Waals surface area contributed by atoms with Gasteiger partial charge in [0.25, 0.3) is 11.5 Å². The normalized spacial score (nSPS) is 11.1. The molecule has 2 N–H and O–H groups in total. The van der Waals surface area contributed by atoms with Crippen LogP contribution in [0, 0.1) is 18.6 Å². The average molecular weight is 654 g/mol. The quantitative estimate of drug-likeness (QED) is 0.147. The van der Waals surface area contributed by atoms with Crippen LogP contribution in [0.1, 0.15) is 21.5 Å². The molecule has 2 aromatic carbocycles. The number of anilines is 1. The first-order valence-corrected chi connectivity index (χ1v) is 15.4. The predicted molar refractivity (Wildman–Crippen MR) is 178 cm³/mol. The van der Waals surface area contributed by atoms with Gasteiger partial charge in [-0.05, 0) is 72.6 Å². The van der Waals surface area contributed by atoms with Gasteiger partial charge in [0, 0.05) is 62.3 Å². The Morgan fingerprint density at radius 3 is 2.55 bits per heavy atom. The van der Waals surface area contributed by atoms with Crippen LogP contribution in [0.2, 0.25) is 0 Å². The minimum absolute atomic E-state index is 0.0527. The highest BCUT2D eigenvalue weighted by atomic mass is 32.1. The van der Waals surface area contributed by atoms with Crippen LogP contribution in [0.5, 0.6) is 11.5 Å². The third-order valence-electron chi connectivity index (χ3n) is 7.18. The number of carbonyl (C=O) groups is 1. The molecule has 9 nitrogen and oxygen atoms in total. The molecule has 4 heterocycles. The van der Waals surface area contributed by atoms with Crippen molar-refractivity contribution in [3.8, 4) is 27.8 Å². The Labute approximate surface area is 272 Å². The summed E-state index contributed by atoms with van der Waals surface area (Å²) in [6.07, 6.45) is 4.96.